The third kappa shape index (κ3) is 3.36. The zero-order valence-electron chi connectivity index (χ0n) is 9.97. The summed E-state index contributed by atoms with van der Waals surface area (Å²) in [7, 11) is -1.78. The Hall–Kier alpha value is -0.890. The van der Waals surface area contributed by atoms with E-state index in [9.17, 15) is 8.42 Å². The minimum Gasteiger partial charge on any atom is -0.337 e. The van der Waals surface area contributed by atoms with Gasteiger partial charge >= 0.3 is 0 Å². The molecular weight excluding hydrogens is 354 g/mol. The monoisotopic (exact) mass is 363 g/mol. The number of hydrogen-bond acceptors (Lipinski definition) is 3. The van der Waals surface area contributed by atoms with Gasteiger partial charge in [-0.05, 0) is 34.1 Å². The van der Waals surface area contributed by atoms with E-state index in [1.54, 1.807) is 24.0 Å². The summed E-state index contributed by atoms with van der Waals surface area (Å²) in [5.74, 6) is 0.636. The third-order valence-corrected chi connectivity index (χ3v) is 5.16. The van der Waals surface area contributed by atoms with Crippen molar-refractivity contribution in [3.05, 3.63) is 45.9 Å². The van der Waals surface area contributed by atoms with Gasteiger partial charge in [0.2, 0.25) is 10.0 Å². The van der Waals surface area contributed by atoms with E-state index in [0.717, 1.165) is 0 Å². The second kappa shape index (κ2) is 5.62. The lowest BCUT2D eigenvalue weighted by molar-refractivity contribution is 0.577. The van der Waals surface area contributed by atoms with Gasteiger partial charge in [0.25, 0.3) is 0 Å². The van der Waals surface area contributed by atoms with Crippen LogP contribution in [0.5, 0.6) is 0 Å². The fourth-order valence-electron chi connectivity index (χ4n) is 1.45. The minimum atomic E-state index is -3.58. The first-order chi connectivity index (χ1) is 8.90. The second-order valence-electron chi connectivity index (χ2n) is 3.85. The van der Waals surface area contributed by atoms with Crippen LogP contribution in [0.25, 0.3) is 0 Å². The molecule has 0 atom stereocenters. The lowest BCUT2D eigenvalue weighted by atomic mass is 10.4. The van der Waals surface area contributed by atoms with Gasteiger partial charge in [0.1, 0.15) is 5.82 Å². The van der Waals surface area contributed by atoms with Gasteiger partial charge in [-0.1, -0.05) is 11.6 Å². The fourth-order valence-corrected chi connectivity index (χ4v) is 3.11. The first-order valence-corrected chi connectivity index (χ1v) is 7.96. The number of halogens is 2. The van der Waals surface area contributed by atoms with E-state index >= 15 is 0 Å². The summed E-state index contributed by atoms with van der Waals surface area (Å²) in [5, 5.41) is 0.461. The van der Waals surface area contributed by atoms with Crippen LogP contribution in [-0.2, 0) is 23.6 Å². The average Bonchev–Trinajstić information content (AvgIpc) is 2.76. The predicted octanol–water partition coefficient (Wildman–Crippen LogP) is 2.31. The number of imidazole rings is 1. The maximum absolute atomic E-state index is 12.1. The Morgan fingerprint density at radius 1 is 1.47 bits per heavy atom. The van der Waals surface area contributed by atoms with Crippen molar-refractivity contribution in [1.29, 1.82) is 0 Å². The molecule has 8 heteroatoms. The molecule has 1 aromatic carbocycles. The lowest BCUT2D eigenvalue weighted by Gasteiger charge is -2.07. The van der Waals surface area contributed by atoms with Crippen LogP contribution in [0.15, 0.2) is 40.0 Å². The van der Waals surface area contributed by atoms with Gasteiger partial charge in [0, 0.05) is 23.9 Å². The highest BCUT2D eigenvalue weighted by atomic mass is 79.9. The standard InChI is InChI=1S/C11H11BrClN3O2S/c1-16-5-4-14-11(16)7-15-19(17,18)8-2-3-10(13)9(12)6-8/h2-6,15H,7H2,1H3. The Kier molecular flexibility index (Phi) is 4.29. The minimum absolute atomic E-state index is 0.131. The van der Waals surface area contributed by atoms with E-state index in [0.29, 0.717) is 15.3 Å². The van der Waals surface area contributed by atoms with Crippen LogP contribution >= 0.6 is 27.5 Å². The normalized spacial score (nSPS) is 11.7. The SMILES string of the molecule is Cn1ccnc1CNS(=O)(=O)c1ccc(Cl)c(Br)c1. The third-order valence-electron chi connectivity index (χ3n) is 2.54. The molecule has 2 rings (SSSR count). The van der Waals surface area contributed by atoms with Gasteiger partial charge in [0.05, 0.1) is 16.5 Å². The van der Waals surface area contributed by atoms with Crippen molar-refractivity contribution in [2.75, 3.05) is 0 Å². The average molecular weight is 365 g/mol. The van der Waals surface area contributed by atoms with E-state index in [1.165, 1.54) is 18.2 Å². The highest BCUT2D eigenvalue weighted by molar-refractivity contribution is 9.10. The molecule has 2 aromatic rings. The van der Waals surface area contributed by atoms with Gasteiger partial charge < -0.3 is 4.57 Å². The summed E-state index contributed by atoms with van der Waals surface area (Å²) in [5.41, 5.74) is 0. The Bertz CT molecular complexity index is 700. The Morgan fingerprint density at radius 3 is 2.79 bits per heavy atom. The smallest absolute Gasteiger partial charge is 0.241 e. The Morgan fingerprint density at radius 2 is 2.21 bits per heavy atom. The summed E-state index contributed by atoms with van der Waals surface area (Å²) in [6.45, 7) is 0.131. The first-order valence-electron chi connectivity index (χ1n) is 5.31. The summed E-state index contributed by atoms with van der Waals surface area (Å²) in [6.07, 6.45) is 3.37. The summed E-state index contributed by atoms with van der Waals surface area (Å²) >= 11 is 9.03. The molecule has 0 aliphatic rings. The van der Waals surface area contributed by atoms with E-state index < -0.39 is 10.0 Å². The number of nitrogens with one attached hydrogen (secondary N) is 1. The zero-order chi connectivity index (χ0) is 14.0. The molecule has 1 aromatic heterocycles. The van der Waals surface area contributed by atoms with Crippen molar-refractivity contribution in [2.24, 2.45) is 7.05 Å². The lowest BCUT2D eigenvalue weighted by Crippen LogP contribution is -2.24. The van der Waals surface area contributed by atoms with Crippen LogP contribution < -0.4 is 4.72 Å². The van der Waals surface area contributed by atoms with Gasteiger partial charge in [-0.15, -0.1) is 0 Å². The van der Waals surface area contributed by atoms with Crippen molar-refractivity contribution in [3.8, 4) is 0 Å². The van der Waals surface area contributed by atoms with Gasteiger partial charge in [-0.3, -0.25) is 0 Å². The second-order valence-corrected chi connectivity index (χ2v) is 6.88. The molecule has 19 heavy (non-hydrogen) atoms. The number of hydrogen-bond donors (Lipinski definition) is 1. The predicted molar refractivity (Wildman–Crippen MR) is 76.4 cm³/mol. The quantitative estimate of drug-likeness (QED) is 0.905. The molecule has 1 heterocycles. The van der Waals surface area contributed by atoms with Crippen LogP contribution in [0.1, 0.15) is 5.82 Å². The Labute approximate surface area is 124 Å². The molecule has 0 spiro atoms. The summed E-state index contributed by atoms with van der Waals surface area (Å²) in [6, 6.07) is 4.44. The number of benzene rings is 1. The van der Waals surface area contributed by atoms with Crippen LogP contribution in [-0.4, -0.2) is 18.0 Å². The molecule has 0 saturated heterocycles. The van der Waals surface area contributed by atoms with E-state index in [-0.39, 0.29) is 11.4 Å². The van der Waals surface area contributed by atoms with Crippen molar-refractivity contribution in [3.63, 3.8) is 0 Å². The molecule has 1 N–H and O–H groups in total. The molecule has 0 saturated carbocycles. The number of sulfonamides is 1. The largest absolute Gasteiger partial charge is 0.337 e. The molecule has 5 nitrogen and oxygen atoms in total. The zero-order valence-corrected chi connectivity index (χ0v) is 13.1. The van der Waals surface area contributed by atoms with Gasteiger partial charge in [0.15, 0.2) is 0 Å². The van der Waals surface area contributed by atoms with Crippen molar-refractivity contribution in [1.82, 2.24) is 14.3 Å². The topological polar surface area (TPSA) is 64.0 Å². The molecule has 0 radical (unpaired) electrons. The highest BCUT2D eigenvalue weighted by Gasteiger charge is 2.15. The van der Waals surface area contributed by atoms with E-state index in [4.69, 9.17) is 11.6 Å². The number of aromatic nitrogens is 2. The first kappa shape index (κ1) is 14.5. The van der Waals surface area contributed by atoms with Crippen LogP contribution in [0.3, 0.4) is 0 Å². The summed E-state index contributed by atoms with van der Waals surface area (Å²) in [4.78, 5) is 4.20. The molecule has 0 aliphatic carbocycles. The van der Waals surface area contributed by atoms with Crippen molar-refractivity contribution >= 4 is 37.6 Å². The molecule has 0 unspecified atom stereocenters. The van der Waals surface area contributed by atoms with Gasteiger partial charge in [-0.2, -0.15) is 0 Å². The summed E-state index contributed by atoms with van der Waals surface area (Å²) < 4.78 is 29.0. The molecule has 0 aliphatic heterocycles. The van der Waals surface area contributed by atoms with Crippen LogP contribution in [0.2, 0.25) is 5.02 Å². The molecule has 0 bridgehead atoms. The molecule has 102 valence electrons. The number of nitrogens with zero attached hydrogens (tertiary/aromatic N) is 2. The van der Waals surface area contributed by atoms with Crippen molar-refractivity contribution < 1.29 is 8.42 Å². The number of rotatable bonds is 4. The fraction of sp³-hybridized carbons (Fsp3) is 0.182. The molecule has 0 fully saturated rings. The van der Waals surface area contributed by atoms with Crippen molar-refractivity contribution in [2.45, 2.75) is 11.4 Å². The maximum Gasteiger partial charge on any atom is 0.241 e. The molecular formula is C11H11BrClN3O2S. The van der Waals surface area contributed by atoms with E-state index in [2.05, 4.69) is 25.6 Å². The van der Waals surface area contributed by atoms with Crippen LogP contribution in [0.4, 0.5) is 0 Å². The number of aryl methyl sites for hydroxylation is 1. The Balaban J connectivity index is 2.18. The van der Waals surface area contributed by atoms with Crippen LogP contribution in [0, 0.1) is 0 Å². The molecule has 0 amide bonds. The van der Waals surface area contributed by atoms with Gasteiger partial charge in [-0.25, -0.2) is 18.1 Å². The highest BCUT2D eigenvalue weighted by Crippen LogP contribution is 2.25. The maximum atomic E-state index is 12.1. The van der Waals surface area contributed by atoms with E-state index in [1.807, 2.05) is 0 Å².